The van der Waals surface area contributed by atoms with Crippen LogP contribution in [0.3, 0.4) is 0 Å². The van der Waals surface area contributed by atoms with Crippen LogP contribution in [-0.2, 0) is 13.0 Å². The molecule has 0 heterocycles. The number of hydrogen-bond acceptors (Lipinski definition) is 3. The number of aryl methyl sites for hydroxylation is 1. The number of hydrogen-bond donors (Lipinski definition) is 2. The molecule has 26 heavy (non-hydrogen) atoms. The van der Waals surface area contributed by atoms with Crippen molar-refractivity contribution in [1.82, 2.24) is 10.6 Å². The van der Waals surface area contributed by atoms with E-state index < -0.39 is 0 Å². The lowest BCUT2D eigenvalue weighted by atomic mass is 10.1. The largest absolute Gasteiger partial charge is 0.493 e. The molecule has 0 aromatic heterocycles. The van der Waals surface area contributed by atoms with Crippen molar-refractivity contribution < 1.29 is 9.47 Å². The maximum Gasteiger partial charge on any atom is 0.191 e. The molecule has 5 nitrogen and oxygen atoms in total. The third-order valence-electron chi connectivity index (χ3n) is 4.01. The van der Waals surface area contributed by atoms with Crippen molar-refractivity contribution in [2.75, 3.05) is 27.3 Å². The number of nitrogens with zero attached hydrogens (tertiary/aromatic N) is 1. The second-order valence-corrected chi connectivity index (χ2v) is 5.86. The van der Waals surface area contributed by atoms with Gasteiger partial charge in [-0.1, -0.05) is 42.5 Å². The molecule has 5 heteroatoms. The van der Waals surface area contributed by atoms with Crippen molar-refractivity contribution >= 4 is 5.96 Å². The van der Waals surface area contributed by atoms with Gasteiger partial charge in [0, 0.05) is 18.7 Å². The van der Waals surface area contributed by atoms with Crippen LogP contribution in [0.2, 0.25) is 0 Å². The number of nitrogens with one attached hydrogen (secondary N) is 2. The Bertz CT molecular complexity index is 687. The second-order valence-electron chi connectivity index (χ2n) is 5.86. The maximum atomic E-state index is 5.47. The van der Waals surface area contributed by atoms with Gasteiger partial charge in [-0.2, -0.15) is 0 Å². The average Bonchev–Trinajstić information content (AvgIpc) is 2.69. The summed E-state index contributed by atoms with van der Waals surface area (Å²) < 4.78 is 10.8. The van der Waals surface area contributed by atoms with Crippen molar-refractivity contribution in [1.29, 1.82) is 0 Å². The van der Waals surface area contributed by atoms with E-state index in [0.29, 0.717) is 6.54 Å². The highest BCUT2D eigenvalue weighted by Gasteiger charge is 2.09. The SMILES string of the molecule is CCNC(=NCc1cccc(OC)c1OC)NCCCc1ccccc1. The number of rotatable bonds is 9. The Balaban J connectivity index is 1.92. The summed E-state index contributed by atoms with van der Waals surface area (Å²) in [5.74, 6) is 2.27. The molecule has 0 aliphatic carbocycles. The summed E-state index contributed by atoms with van der Waals surface area (Å²) >= 11 is 0. The summed E-state index contributed by atoms with van der Waals surface area (Å²) in [6.07, 6.45) is 2.11. The number of para-hydroxylation sites is 1. The van der Waals surface area contributed by atoms with Crippen LogP contribution in [0.5, 0.6) is 11.5 Å². The van der Waals surface area contributed by atoms with Gasteiger partial charge in [0.25, 0.3) is 0 Å². The fraction of sp³-hybridized carbons (Fsp3) is 0.381. The predicted molar refractivity (Wildman–Crippen MR) is 107 cm³/mol. The van der Waals surface area contributed by atoms with Gasteiger partial charge in [-0.05, 0) is 31.4 Å². The molecule has 0 fully saturated rings. The number of ether oxygens (including phenoxy) is 2. The quantitative estimate of drug-likeness (QED) is 0.411. The first kappa shape index (κ1) is 19.6. The Labute approximate surface area is 156 Å². The molecule has 0 unspecified atom stereocenters. The molecule has 2 aromatic carbocycles. The van der Waals surface area contributed by atoms with E-state index in [-0.39, 0.29) is 0 Å². The Kier molecular flexibility index (Phi) is 8.33. The van der Waals surface area contributed by atoms with Gasteiger partial charge in [0.05, 0.1) is 20.8 Å². The van der Waals surface area contributed by atoms with Crippen LogP contribution in [0, 0.1) is 0 Å². The summed E-state index contributed by atoms with van der Waals surface area (Å²) in [5, 5.41) is 6.68. The number of guanidine groups is 1. The van der Waals surface area contributed by atoms with E-state index >= 15 is 0 Å². The zero-order valence-electron chi connectivity index (χ0n) is 15.9. The molecule has 0 spiro atoms. The minimum atomic E-state index is 0.522. The zero-order valence-corrected chi connectivity index (χ0v) is 15.9. The van der Waals surface area contributed by atoms with Crippen LogP contribution < -0.4 is 20.1 Å². The van der Waals surface area contributed by atoms with Gasteiger partial charge in [-0.3, -0.25) is 0 Å². The van der Waals surface area contributed by atoms with Crippen LogP contribution in [0.1, 0.15) is 24.5 Å². The Morgan fingerprint density at radius 3 is 2.46 bits per heavy atom. The van der Waals surface area contributed by atoms with E-state index in [1.54, 1.807) is 14.2 Å². The van der Waals surface area contributed by atoms with Gasteiger partial charge in [0.15, 0.2) is 17.5 Å². The standard InChI is InChI=1S/C21H29N3O2/c1-4-22-21(23-15-9-12-17-10-6-5-7-11-17)24-16-18-13-8-14-19(25-2)20(18)26-3/h5-8,10-11,13-14H,4,9,12,15-16H2,1-3H3,(H2,22,23,24). The average molecular weight is 355 g/mol. The van der Waals surface area contributed by atoms with E-state index in [9.17, 15) is 0 Å². The molecule has 0 radical (unpaired) electrons. The lowest BCUT2D eigenvalue weighted by Gasteiger charge is -2.13. The van der Waals surface area contributed by atoms with Gasteiger partial charge in [0.2, 0.25) is 0 Å². The molecule has 0 aliphatic rings. The lowest BCUT2D eigenvalue weighted by molar-refractivity contribution is 0.352. The zero-order chi connectivity index (χ0) is 18.6. The third-order valence-corrected chi connectivity index (χ3v) is 4.01. The van der Waals surface area contributed by atoms with Crippen molar-refractivity contribution in [2.45, 2.75) is 26.3 Å². The number of aliphatic imine (C=N–C) groups is 1. The van der Waals surface area contributed by atoms with Gasteiger partial charge in [-0.15, -0.1) is 0 Å². The van der Waals surface area contributed by atoms with Gasteiger partial charge in [0.1, 0.15) is 0 Å². The fourth-order valence-corrected chi connectivity index (χ4v) is 2.73. The van der Waals surface area contributed by atoms with Crippen LogP contribution in [0.15, 0.2) is 53.5 Å². The van der Waals surface area contributed by atoms with Crippen molar-refractivity contribution in [3.05, 3.63) is 59.7 Å². The Morgan fingerprint density at radius 2 is 1.77 bits per heavy atom. The Hall–Kier alpha value is -2.69. The maximum absolute atomic E-state index is 5.47. The highest BCUT2D eigenvalue weighted by molar-refractivity contribution is 5.79. The van der Waals surface area contributed by atoms with E-state index in [2.05, 4.69) is 46.8 Å². The number of benzene rings is 2. The topological polar surface area (TPSA) is 54.9 Å². The van der Waals surface area contributed by atoms with Crippen LogP contribution in [0.4, 0.5) is 0 Å². The molecule has 2 N–H and O–H groups in total. The first-order valence-electron chi connectivity index (χ1n) is 9.04. The minimum absolute atomic E-state index is 0.522. The molecule has 0 amide bonds. The molecule has 0 saturated carbocycles. The van der Waals surface area contributed by atoms with Crippen molar-refractivity contribution in [3.8, 4) is 11.5 Å². The molecular weight excluding hydrogens is 326 g/mol. The van der Waals surface area contributed by atoms with Crippen LogP contribution in [0.25, 0.3) is 0 Å². The molecular formula is C21H29N3O2. The Morgan fingerprint density at radius 1 is 0.962 bits per heavy atom. The van der Waals surface area contributed by atoms with E-state index in [1.165, 1.54) is 5.56 Å². The molecule has 0 atom stereocenters. The molecule has 140 valence electrons. The molecule has 0 bridgehead atoms. The molecule has 2 aromatic rings. The molecule has 2 rings (SSSR count). The lowest BCUT2D eigenvalue weighted by Crippen LogP contribution is -2.37. The monoisotopic (exact) mass is 355 g/mol. The summed E-state index contributed by atoms with van der Waals surface area (Å²) in [6, 6.07) is 16.4. The van der Waals surface area contributed by atoms with Gasteiger partial charge < -0.3 is 20.1 Å². The van der Waals surface area contributed by atoms with Crippen LogP contribution >= 0.6 is 0 Å². The van der Waals surface area contributed by atoms with E-state index in [1.807, 2.05) is 24.3 Å². The normalized spacial score (nSPS) is 11.1. The smallest absolute Gasteiger partial charge is 0.191 e. The van der Waals surface area contributed by atoms with Crippen molar-refractivity contribution in [2.24, 2.45) is 4.99 Å². The van der Waals surface area contributed by atoms with Crippen molar-refractivity contribution in [3.63, 3.8) is 0 Å². The summed E-state index contributed by atoms with van der Waals surface area (Å²) in [7, 11) is 3.29. The summed E-state index contributed by atoms with van der Waals surface area (Å²) in [4.78, 5) is 4.67. The number of methoxy groups -OCH3 is 2. The molecule has 0 saturated heterocycles. The van der Waals surface area contributed by atoms with Crippen LogP contribution in [-0.4, -0.2) is 33.3 Å². The predicted octanol–water partition coefficient (Wildman–Crippen LogP) is 3.39. The van der Waals surface area contributed by atoms with Gasteiger partial charge in [-0.25, -0.2) is 4.99 Å². The van der Waals surface area contributed by atoms with Gasteiger partial charge >= 0.3 is 0 Å². The highest BCUT2D eigenvalue weighted by atomic mass is 16.5. The minimum Gasteiger partial charge on any atom is -0.493 e. The van der Waals surface area contributed by atoms with E-state index in [0.717, 1.165) is 49.0 Å². The first-order chi connectivity index (χ1) is 12.8. The summed E-state index contributed by atoms with van der Waals surface area (Å²) in [5.41, 5.74) is 2.35. The first-order valence-corrected chi connectivity index (χ1v) is 9.04. The summed E-state index contributed by atoms with van der Waals surface area (Å²) in [6.45, 7) is 4.28. The highest BCUT2D eigenvalue weighted by Crippen LogP contribution is 2.30. The molecule has 0 aliphatic heterocycles. The fourth-order valence-electron chi connectivity index (χ4n) is 2.73. The second kappa shape index (κ2) is 11.0. The third kappa shape index (κ3) is 5.99. The van der Waals surface area contributed by atoms with E-state index in [4.69, 9.17) is 9.47 Å².